The highest BCUT2D eigenvalue weighted by Crippen LogP contribution is 2.29. The van der Waals surface area contributed by atoms with E-state index in [0.717, 1.165) is 6.54 Å². The predicted molar refractivity (Wildman–Crippen MR) is 63.9 cm³/mol. The lowest BCUT2D eigenvalue weighted by molar-refractivity contribution is -0.157. The zero-order chi connectivity index (χ0) is 11.5. The van der Waals surface area contributed by atoms with Gasteiger partial charge in [-0.15, -0.1) is 0 Å². The number of aliphatic carboxylic acids is 1. The Morgan fingerprint density at radius 1 is 1.56 bits per heavy atom. The van der Waals surface area contributed by atoms with Crippen molar-refractivity contribution >= 4 is 17.7 Å². The van der Waals surface area contributed by atoms with Crippen molar-refractivity contribution < 1.29 is 14.6 Å². The number of morpholine rings is 1. The van der Waals surface area contributed by atoms with Gasteiger partial charge in [0.25, 0.3) is 0 Å². The normalized spacial score (nSPS) is 37.2. The largest absolute Gasteiger partial charge is 0.479 e. The first-order valence-electron chi connectivity index (χ1n) is 5.88. The second-order valence-electron chi connectivity index (χ2n) is 4.48. The van der Waals surface area contributed by atoms with Gasteiger partial charge in [-0.25, -0.2) is 4.79 Å². The summed E-state index contributed by atoms with van der Waals surface area (Å²) in [4.78, 5) is 13.2. The maximum Gasteiger partial charge on any atom is 0.334 e. The predicted octanol–water partition coefficient (Wildman–Crippen LogP) is 1.06. The SMILES string of the molecule is CC1SCCCC1N1CCOC(C(=O)O)C1. The lowest BCUT2D eigenvalue weighted by atomic mass is 10.0. The zero-order valence-electron chi connectivity index (χ0n) is 9.59. The van der Waals surface area contributed by atoms with E-state index in [4.69, 9.17) is 9.84 Å². The highest BCUT2D eigenvalue weighted by molar-refractivity contribution is 7.99. The van der Waals surface area contributed by atoms with Gasteiger partial charge in [-0.05, 0) is 18.6 Å². The molecule has 5 heteroatoms. The highest BCUT2D eigenvalue weighted by Gasteiger charge is 2.33. The van der Waals surface area contributed by atoms with Gasteiger partial charge < -0.3 is 9.84 Å². The number of nitrogens with zero attached hydrogens (tertiary/aromatic N) is 1. The van der Waals surface area contributed by atoms with E-state index in [2.05, 4.69) is 11.8 Å². The Morgan fingerprint density at radius 3 is 3.06 bits per heavy atom. The number of ether oxygens (including phenoxy) is 1. The third kappa shape index (κ3) is 2.70. The van der Waals surface area contributed by atoms with E-state index in [9.17, 15) is 4.79 Å². The average molecular weight is 245 g/mol. The Hall–Kier alpha value is -0.260. The molecular weight excluding hydrogens is 226 g/mol. The van der Waals surface area contributed by atoms with Crippen molar-refractivity contribution in [2.45, 2.75) is 37.2 Å². The number of hydrogen-bond donors (Lipinski definition) is 1. The van der Waals surface area contributed by atoms with Crippen LogP contribution in [-0.4, -0.2) is 58.8 Å². The summed E-state index contributed by atoms with van der Waals surface area (Å²) in [7, 11) is 0. The van der Waals surface area contributed by atoms with Crippen LogP contribution in [0.15, 0.2) is 0 Å². The molecule has 92 valence electrons. The van der Waals surface area contributed by atoms with Crippen LogP contribution in [0.5, 0.6) is 0 Å². The van der Waals surface area contributed by atoms with Gasteiger partial charge in [-0.1, -0.05) is 6.92 Å². The molecule has 0 spiro atoms. The van der Waals surface area contributed by atoms with E-state index in [-0.39, 0.29) is 0 Å². The van der Waals surface area contributed by atoms with Crippen LogP contribution in [0, 0.1) is 0 Å². The lowest BCUT2D eigenvalue weighted by Gasteiger charge is -2.41. The van der Waals surface area contributed by atoms with Crippen molar-refractivity contribution in [3.63, 3.8) is 0 Å². The number of carbonyl (C=O) groups is 1. The van der Waals surface area contributed by atoms with Gasteiger partial charge in [-0.3, -0.25) is 4.90 Å². The van der Waals surface area contributed by atoms with E-state index < -0.39 is 12.1 Å². The van der Waals surface area contributed by atoms with Crippen LogP contribution in [0.2, 0.25) is 0 Å². The molecule has 1 N–H and O–H groups in total. The van der Waals surface area contributed by atoms with Crippen LogP contribution in [0.3, 0.4) is 0 Å². The lowest BCUT2D eigenvalue weighted by Crippen LogP contribution is -2.53. The third-order valence-corrected chi connectivity index (χ3v) is 4.77. The van der Waals surface area contributed by atoms with Crippen LogP contribution in [0.4, 0.5) is 0 Å². The quantitative estimate of drug-likeness (QED) is 0.788. The minimum Gasteiger partial charge on any atom is -0.479 e. The van der Waals surface area contributed by atoms with Crippen LogP contribution in [-0.2, 0) is 9.53 Å². The molecule has 0 aromatic carbocycles. The van der Waals surface area contributed by atoms with Gasteiger partial charge in [0, 0.05) is 24.4 Å². The Labute approximate surface area is 100 Å². The summed E-state index contributed by atoms with van der Waals surface area (Å²) in [6.45, 7) is 4.22. The number of hydrogen-bond acceptors (Lipinski definition) is 4. The molecule has 0 aromatic rings. The number of carboxylic acids is 1. The van der Waals surface area contributed by atoms with Gasteiger partial charge in [0.05, 0.1) is 6.61 Å². The van der Waals surface area contributed by atoms with Crippen molar-refractivity contribution in [3.8, 4) is 0 Å². The highest BCUT2D eigenvalue weighted by atomic mass is 32.2. The molecule has 0 saturated carbocycles. The summed E-state index contributed by atoms with van der Waals surface area (Å²) >= 11 is 2.00. The van der Waals surface area contributed by atoms with Crippen molar-refractivity contribution in [1.29, 1.82) is 0 Å². The maximum absolute atomic E-state index is 10.9. The van der Waals surface area contributed by atoms with Gasteiger partial charge in [0.1, 0.15) is 0 Å². The minimum absolute atomic E-state index is 0.532. The average Bonchev–Trinajstić information content (AvgIpc) is 2.30. The van der Waals surface area contributed by atoms with Crippen molar-refractivity contribution in [2.75, 3.05) is 25.4 Å². The summed E-state index contributed by atoms with van der Waals surface area (Å²) < 4.78 is 5.25. The van der Waals surface area contributed by atoms with Crippen molar-refractivity contribution in [3.05, 3.63) is 0 Å². The fourth-order valence-corrected chi connectivity index (χ4v) is 3.74. The monoisotopic (exact) mass is 245 g/mol. The molecule has 2 heterocycles. The van der Waals surface area contributed by atoms with E-state index in [1.807, 2.05) is 11.8 Å². The van der Waals surface area contributed by atoms with Gasteiger partial charge in [0.2, 0.25) is 0 Å². The van der Waals surface area contributed by atoms with Crippen LogP contribution < -0.4 is 0 Å². The topological polar surface area (TPSA) is 49.8 Å². The fourth-order valence-electron chi connectivity index (χ4n) is 2.51. The fraction of sp³-hybridized carbons (Fsp3) is 0.909. The standard InChI is InChI=1S/C11H19NO3S/c1-8-9(3-2-6-16-8)12-4-5-15-10(7-12)11(13)14/h8-10H,2-7H2,1H3,(H,13,14). The molecule has 3 atom stereocenters. The van der Waals surface area contributed by atoms with Crippen LogP contribution in [0.1, 0.15) is 19.8 Å². The molecular formula is C11H19NO3S. The van der Waals surface area contributed by atoms with E-state index in [1.54, 1.807) is 0 Å². The van der Waals surface area contributed by atoms with E-state index in [1.165, 1.54) is 18.6 Å². The van der Waals surface area contributed by atoms with Crippen LogP contribution >= 0.6 is 11.8 Å². The van der Waals surface area contributed by atoms with Crippen molar-refractivity contribution in [1.82, 2.24) is 4.90 Å². The molecule has 2 fully saturated rings. The van der Waals surface area contributed by atoms with Gasteiger partial charge in [-0.2, -0.15) is 11.8 Å². The van der Waals surface area contributed by atoms with Crippen molar-refractivity contribution in [2.24, 2.45) is 0 Å². The van der Waals surface area contributed by atoms with Crippen LogP contribution in [0.25, 0.3) is 0 Å². The Bertz CT molecular complexity index is 262. The molecule has 2 aliphatic rings. The Balaban J connectivity index is 1.95. The molecule has 2 aliphatic heterocycles. The second kappa shape index (κ2) is 5.38. The van der Waals surface area contributed by atoms with Gasteiger partial charge >= 0.3 is 5.97 Å². The minimum atomic E-state index is -0.833. The summed E-state index contributed by atoms with van der Waals surface area (Å²) in [5.74, 6) is 0.408. The molecule has 0 aliphatic carbocycles. The molecule has 0 aromatic heterocycles. The maximum atomic E-state index is 10.9. The number of carboxylic acid groups (broad SMARTS) is 1. The smallest absolute Gasteiger partial charge is 0.334 e. The van der Waals surface area contributed by atoms with Gasteiger partial charge in [0.15, 0.2) is 6.10 Å². The molecule has 4 nitrogen and oxygen atoms in total. The molecule has 0 radical (unpaired) electrons. The summed E-state index contributed by atoms with van der Waals surface area (Å²) in [6, 6.07) is 0.532. The molecule has 0 amide bonds. The Kier molecular flexibility index (Phi) is 4.10. The molecule has 2 saturated heterocycles. The first kappa shape index (κ1) is 12.2. The first-order valence-corrected chi connectivity index (χ1v) is 6.93. The summed E-state index contributed by atoms with van der Waals surface area (Å²) in [5, 5.41) is 9.58. The van der Waals surface area contributed by atoms with E-state index in [0.29, 0.717) is 24.4 Å². The Morgan fingerprint density at radius 2 is 2.38 bits per heavy atom. The molecule has 3 unspecified atom stereocenters. The second-order valence-corrected chi connectivity index (χ2v) is 5.96. The molecule has 0 bridgehead atoms. The summed E-state index contributed by atoms with van der Waals surface area (Å²) in [5.41, 5.74) is 0. The van der Waals surface area contributed by atoms with E-state index >= 15 is 0 Å². The number of rotatable bonds is 2. The summed E-state index contributed by atoms with van der Waals surface area (Å²) in [6.07, 6.45) is 1.81. The zero-order valence-corrected chi connectivity index (χ0v) is 10.4. The first-order chi connectivity index (χ1) is 7.68. The number of thioether (sulfide) groups is 1. The molecule has 16 heavy (non-hydrogen) atoms. The third-order valence-electron chi connectivity index (χ3n) is 3.41. The molecule has 2 rings (SSSR count).